The summed E-state index contributed by atoms with van der Waals surface area (Å²) in [6.07, 6.45) is 0.758. The first-order chi connectivity index (χ1) is 9.56. The van der Waals surface area contributed by atoms with Gasteiger partial charge in [0.05, 0.1) is 23.7 Å². The summed E-state index contributed by atoms with van der Waals surface area (Å²) < 4.78 is 5.49. The number of anilines is 1. The van der Waals surface area contributed by atoms with Crippen LogP contribution in [-0.2, 0) is 4.74 Å². The van der Waals surface area contributed by atoms with Gasteiger partial charge in [-0.2, -0.15) is 5.26 Å². The van der Waals surface area contributed by atoms with Crippen molar-refractivity contribution in [2.24, 2.45) is 0 Å². The summed E-state index contributed by atoms with van der Waals surface area (Å²) in [7, 11) is 0. The van der Waals surface area contributed by atoms with E-state index in [1.165, 1.54) is 12.3 Å². The third kappa shape index (κ3) is 2.68. The third-order valence-corrected chi connectivity index (χ3v) is 3.04. The Morgan fingerprint density at radius 3 is 3.05 bits per heavy atom. The van der Waals surface area contributed by atoms with Gasteiger partial charge in [0.2, 0.25) is 5.82 Å². The highest BCUT2D eigenvalue weighted by atomic mass is 16.6. The number of hydrogen-bond acceptors (Lipinski definition) is 7. The predicted molar refractivity (Wildman–Crippen MR) is 69.2 cm³/mol. The second kappa shape index (κ2) is 5.81. The molecule has 2 unspecified atom stereocenters. The van der Waals surface area contributed by atoms with Crippen molar-refractivity contribution in [2.75, 3.05) is 24.6 Å². The standard InChI is InChI=1S/C12H14N4O4/c1-8-5-15(6-10(7-17)20-8)12-11(16(18)19)9(4-13)2-3-14-12/h2-3,8,10,17H,5-7H2,1H3. The zero-order chi connectivity index (χ0) is 14.7. The fourth-order valence-corrected chi connectivity index (χ4v) is 2.26. The number of aliphatic hydroxyl groups excluding tert-OH is 1. The Hall–Kier alpha value is -2.24. The van der Waals surface area contributed by atoms with Gasteiger partial charge in [-0.25, -0.2) is 4.98 Å². The SMILES string of the molecule is CC1CN(c2nccc(C#N)c2[N+](=O)[O-])CC(CO)O1. The lowest BCUT2D eigenvalue weighted by Crippen LogP contribution is -2.48. The molecule has 1 saturated heterocycles. The molecule has 0 spiro atoms. The van der Waals surface area contributed by atoms with Crippen molar-refractivity contribution in [3.8, 4) is 6.07 Å². The average Bonchev–Trinajstić information content (AvgIpc) is 2.45. The Morgan fingerprint density at radius 2 is 2.45 bits per heavy atom. The normalized spacial score (nSPS) is 22.4. The first-order valence-electron chi connectivity index (χ1n) is 6.11. The largest absolute Gasteiger partial charge is 0.394 e. The molecule has 0 aromatic carbocycles. The quantitative estimate of drug-likeness (QED) is 0.630. The van der Waals surface area contributed by atoms with E-state index >= 15 is 0 Å². The molecule has 2 rings (SSSR count). The highest BCUT2D eigenvalue weighted by molar-refractivity contribution is 5.65. The van der Waals surface area contributed by atoms with Crippen LogP contribution in [0.5, 0.6) is 0 Å². The molecule has 1 aliphatic heterocycles. The van der Waals surface area contributed by atoms with E-state index < -0.39 is 11.0 Å². The van der Waals surface area contributed by atoms with Gasteiger partial charge in [0, 0.05) is 19.3 Å². The number of aliphatic hydroxyl groups is 1. The monoisotopic (exact) mass is 278 g/mol. The summed E-state index contributed by atoms with van der Waals surface area (Å²) in [5.41, 5.74) is -0.333. The summed E-state index contributed by atoms with van der Waals surface area (Å²) in [5.74, 6) is 0.141. The van der Waals surface area contributed by atoms with Gasteiger partial charge in [-0.05, 0) is 13.0 Å². The van der Waals surface area contributed by atoms with Gasteiger partial charge in [-0.1, -0.05) is 0 Å². The van der Waals surface area contributed by atoms with E-state index in [2.05, 4.69) is 4.98 Å². The molecule has 0 aliphatic carbocycles. The molecule has 8 heteroatoms. The maximum atomic E-state index is 11.2. The van der Waals surface area contributed by atoms with E-state index in [0.29, 0.717) is 13.1 Å². The summed E-state index contributed by atoms with van der Waals surface area (Å²) in [6.45, 7) is 2.35. The molecule has 2 heterocycles. The van der Waals surface area contributed by atoms with E-state index in [1.54, 1.807) is 11.0 Å². The summed E-state index contributed by atoms with van der Waals surface area (Å²) in [6, 6.07) is 3.12. The fraction of sp³-hybridized carbons (Fsp3) is 0.500. The second-order valence-electron chi connectivity index (χ2n) is 4.56. The molecule has 0 bridgehead atoms. The van der Waals surface area contributed by atoms with Crippen LogP contribution in [0.1, 0.15) is 12.5 Å². The van der Waals surface area contributed by atoms with Crippen molar-refractivity contribution in [3.05, 3.63) is 27.9 Å². The van der Waals surface area contributed by atoms with E-state index in [1.807, 2.05) is 6.92 Å². The van der Waals surface area contributed by atoms with Crippen molar-refractivity contribution >= 4 is 11.5 Å². The number of aromatic nitrogens is 1. The number of nitro groups is 1. The van der Waals surface area contributed by atoms with E-state index in [-0.39, 0.29) is 29.8 Å². The van der Waals surface area contributed by atoms with Crippen molar-refractivity contribution < 1.29 is 14.8 Å². The van der Waals surface area contributed by atoms with Gasteiger partial charge in [0.1, 0.15) is 11.6 Å². The number of nitriles is 1. The maximum absolute atomic E-state index is 11.2. The molecular formula is C12H14N4O4. The minimum absolute atomic E-state index is 0.0281. The minimum atomic E-state index is -0.602. The van der Waals surface area contributed by atoms with Gasteiger partial charge in [0.15, 0.2) is 0 Å². The third-order valence-electron chi connectivity index (χ3n) is 3.04. The lowest BCUT2D eigenvalue weighted by atomic mass is 10.2. The Kier molecular flexibility index (Phi) is 4.12. The van der Waals surface area contributed by atoms with Crippen LogP contribution in [0.3, 0.4) is 0 Å². The molecule has 20 heavy (non-hydrogen) atoms. The van der Waals surface area contributed by atoms with Crippen LogP contribution >= 0.6 is 0 Å². The van der Waals surface area contributed by atoms with Gasteiger partial charge in [-0.15, -0.1) is 0 Å². The molecule has 1 aliphatic rings. The molecule has 0 saturated carbocycles. The highest BCUT2D eigenvalue weighted by Crippen LogP contribution is 2.30. The van der Waals surface area contributed by atoms with Gasteiger partial charge < -0.3 is 14.7 Å². The fourth-order valence-electron chi connectivity index (χ4n) is 2.26. The van der Waals surface area contributed by atoms with Crippen LogP contribution in [0, 0.1) is 21.4 Å². The van der Waals surface area contributed by atoms with E-state index in [0.717, 1.165) is 0 Å². The van der Waals surface area contributed by atoms with Gasteiger partial charge >= 0.3 is 5.69 Å². The first kappa shape index (κ1) is 14.2. The zero-order valence-electron chi connectivity index (χ0n) is 10.9. The average molecular weight is 278 g/mol. The number of morpholine rings is 1. The lowest BCUT2D eigenvalue weighted by molar-refractivity contribution is -0.384. The molecule has 0 amide bonds. The van der Waals surface area contributed by atoms with E-state index in [4.69, 9.17) is 10.00 Å². The Balaban J connectivity index is 2.42. The van der Waals surface area contributed by atoms with Gasteiger partial charge in [-0.3, -0.25) is 10.1 Å². The number of ether oxygens (including phenoxy) is 1. The lowest BCUT2D eigenvalue weighted by Gasteiger charge is -2.36. The Morgan fingerprint density at radius 1 is 1.70 bits per heavy atom. The van der Waals surface area contributed by atoms with E-state index in [9.17, 15) is 15.2 Å². The van der Waals surface area contributed by atoms with Crippen molar-refractivity contribution in [1.29, 1.82) is 5.26 Å². The van der Waals surface area contributed by atoms with Gasteiger partial charge in [0.25, 0.3) is 0 Å². The minimum Gasteiger partial charge on any atom is -0.394 e. The second-order valence-corrected chi connectivity index (χ2v) is 4.56. The van der Waals surface area contributed by atoms with Crippen molar-refractivity contribution in [3.63, 3.8) is 0 Å². The zero-order valence-corrected chi connectivity index (χ0v) is 10.9. The number of rotatable bonds is 3. The number of nitrogens with zero attached hydrogens (tertiary/aromatic N) is 4. The van der Waals surface area contributed by atoms with Crippen LogP contribution in [0.25, 0.3) is 0 Å². The summed E-state index contributed by atoms with van der Waals surface area (Å²) in [5, 5.41) is 29.4. The number of pyridine rings is 1. The Bertz CT molecular complexity index is 557. The van der Waals surface area contributed by atoms with Crippen LogP contribution in [0.2, 0.25) is 0 Å². The molecule has 2 atom stereocenters. The molecule has 0 radical (unpaired) electrons. The Labute approximate surface area is 115 Å². The molecule has 1 fully saturated rings. The van der Waals surface area contributed by atoms with Crippen LogP contribution in [0.4, 0.5) is 11.5 Å². The topological polar surface area (TPSA) is 113 Å². The maximum Gasteiger partial charge on any atom is 0.329 e. The number of hydrogen-bond donors (Lipinski definition) is 1. The summed E-state index contributed by atoms with van der Waals surface area (Å²) >= 11 is 0. The smallest absolute Gasteiger partial charge is 0.329 e. The van der Waals surface area contributed by atoms with Crippen LogP contribution in [-0.4, -0.2) is 46.9 Å². The molecular weight excluding hydrogens is 264 g/mol. The molecule has 1 N–H and O–H groups in total. The van der Waals surface area contributed by atoms with Crippen LogP contribution in [0.15, 0.2) is 12.3 Å². The van der Waals surface area contributed by atoms with Crippen molar-refractivity contribution in [1.82, 2.24) is 4.98 Å². The highest BCUT2D eigenvalue weighted by Gasteiger charge is 2.31. The predicted octanol–water partition coefficient (Wildman–Crippen LogP) is 0.447. The van der Waals surface area contributed by atoms with Crippen molar-refractivity contribution in [2.45, 2.75) is 19.1 Å². The molecule has 8 nitrogen and oxygen atoms in total. The van der Waals surface area contributed by atoms with Crippen LogP contribution < -0.4 is 4.90 Å². The molecule has 1 aromatic rings. The molecule has 106 valence electrons. The first-order valence-corrected chi connectivity index (χ1v) is 6.11. The molecule has 1 aromatic heterocycles. The summed E-state index contributed by atoms with van der Waals surface area (Å²) in [4.78, 5) is 16.3.